The minimum atomic E-state index is -1.43. The Morgan fingerprint density at radius 2 is 1.56 bits per heavy atom. The molecule has 0 bridgehead atoms. The van der Waals surface area contributed by atoms with Gasteiger partial charge in [0.25, 0.3) is 5.91 Å². The van der Waals surface area contributed by atoms with Gasteiger partial charge in [-0.2, -0.15) is 0 Å². The van der Waals surface area contributed by atoms with Crippen molar-refractivity contribution in [2.24, 2.45) is 0 Å². The number of aromatic nitrogens is 2. The number of amides is 3. The molecule has 3 N–H and O–H groups in total. The van der Waals surface area contributed by atoms with Crippen LogP contribution in [0.25, 0.3) is 0 Å². The molecule has 1 aromatic heterocycles. The van der Waals surface area contributed by atoms with E-state index in [4.69, 9.17) is 14.2 Å². The lowest BCUT2D eigenvalue weighted by Crippen LogP contribution is -2.59. The maximum absolute atomic E-state index is 13.6. The standard InChI is InChI=1S/C33H43N5O7/c1-8-44-29(40)26(24-17-13-10-14-18-24)38-21-34-27(22(38)2)36-28(39)25(20-43-19-23-15-11-9-12-16-23)35-30(41)33(6,7)37-31(42)45-32(3,4)5/h9-18,21,25-26H,8,19-20H2,1-7H3,(H,35,41)(H,36,39)(H,37,42)/t25-,26?/m1/s1. The van der Waals surface area contributed by atoms with Crippen LogP contribution in [0.5, 0.6) is 0 Å². The summed E-state index contributed by atoms with van der Waals surface area (Å²) < 4.78 is 18.1. The number of rotatable bonds is 13. The molecule has 2 aromatic carbocycles. The second-order valence-electron chi connectivity index (χ2n) is 11.9. The van der Waals surface area contributed by atoms with Crippen molar-refractivity contribution in [3.05, 3.63) is 83.8 Å². The summed E-state index contributed by atoms with van der Waals surface area (Å²) in [5.41, 5.74) is -0.130. The molecule has 12 heteroatoms. The Bertz CT molecular complexity index is 1450. The fourth-order valence-electron chi connectivity index (χ4n) is 4.28. The molecule has 0 fully saturated rings. The van der Waals surface area contributed by atoms with E-state index in [1.54, 1.807) is 39.2 Å². The van der Waals surface area contributed by atoms with Crippen molar-refractivity contribution in [2.45, 2.75) is 78.3 Å². The van der Waals surface area contributed by atoms with E-state index >= 15 is 0 Å². The Kier molecular flexibility index (Phi) is 11.9. The Hall–Kier alpha value is -4.71. The third-order valence-electron chi connectivity index (χ3n) is 6.59. The molecule has 0 spiro atoms. The molecule has 2 atom stereocenters. The number of nitrogens with zero attached hydrogens (tertiary/aromatic N) is 2. The van der Waals surface area contributed by atoms with Gasteiger partial charge in [0, 0.05) is 0 Å². The number of nitrogens with one attached hydrogen (secondary N) is 3. The van der Waals surface area contributed by atoms with Crippen molar-refractivity contribution in [1.29, 1.82) is 0 Å². The SMILES string of the molecule is CCOC(=O)C(c1ccccc1)n1cnc(NC(=O)[C@@H](COCc2ccccc2)NC(=O)C(C)(C)NC(=O)OC(C)(C)C)c1C. The second kappa shape index (κ2) is 15.3. The summed E-state index contributed by atoms with van der Waals surface area (Å²) in [6.45, 7) is 11.8. The molecule has 3 amide bonds. The highest BCUT2D eigenvalue weighted by molar-refractivity contribution is 5.99. The quantitative estimate of drug-likeness (QED) is 0.239. The molecule has 3 rings (SSSR count). The van der Waals surface area contributed by atoms with Crippen molar-refractivity contribution < 1.29 is 33.4 Å². The van der Waals surface area contributed by atoms with Gasteiger partial charge in [0.05, 0.1) is 31.8 Å². The van der Waals surface area contributed by atoms with Gasteiger partial charge in [-0.15, -0.1) is 0 Å². The van der Waals surface area contributed by atoms with E-state index in [-0.39, 0.29) is 25.6 Å². The summed E-state index contributed by atoms with van der Waals surface area (Å²) in [6, 6.07) is 16.5. The van der Waals surface area contributed by atoms with E-state index in [1.165, 1.54) is 20.2 Å². The number of benzene rings is 2. The molecule has 242 valence electrons. The van der Waals surface area contributed by atoms with E-state index in [0.717, 1.165) is 5.56 Å². The molecule has 0 radical (unpaired) electrons. The van der Waals surface area contributed by atoms with Gasteiger partial charge in [0.15, 0.2) is 11.9 Å². The third-order valence-corrected chi connectivity index (χ3v) is 6.59. The first-order valence-corrected chi connectivity index (χ1v) is 14.7. The highest BCUT2D eigenvalue weighted by atomic mass is 16.6. The minimum absolute atomic E-state index is 0.176. The van der Waals surface area contributed by atoms with Gasteiger partial charge in [-0.05, 0) is 59.6 Å². The van der Waals surface area contributed by atoms with Gasteiger partial charge >= 0.3 is 12.1 Å². The zero-order valence-corrected chi connectivity index (χ0v) is 26.9. The number of carbonyl (C=O) groups excluding carboxylic acids is 4. The lowest BCUT2D eigenvalue weighted by atomic mass is 10.0. The second-order valence-corrected chi connectivity index (χ2v) is 11.9. The molecule has 12 nitrogen and oxygen atoms in total. The number of hydrogen-bond acceptors (Lipinski definition) is 8. The van der Waals surface area contributed by atoms with Crippen LogP contribution >= 0.6 is 0 Å². The van der Waals surface area contributed by atoms with Crippen LogP contribution < -0.4 is 16.0 Å². The fourth-order valence-corrected chi connectivity index (χ4v) is 4.28. The Labute approximate surface area is 263 Å². The molecule has 0 saturated carbocycles. The van der Waals surface area contributed by atoms with Crippen LogP contribution in [0, 0.1) is 6.92 Å². The van der Waals surface area contributed by atoms with Crippen LogP contribution in [-0.4, -0.2) is 63.8 Å². The summed E-state index contributed by atoms with van der Waals surface area (Å²) in [6.07, 6.45) is 0.673. The van der Waals surface area contributed by atoms with Crippen molar-refractivity contribution in [1.82, 2.24) is 20.2 Å². The molecule has 1 heterocycles. The lowest BCUT2D eigenvalue weighted by molar-refractivity contribution is -0.145. The zero-order valence-electron chi connectivity index (χ0n) is 26.9. The Morgan fingerprint density at radius 3 is 2.16 bits per heavy atom. The molecule has 0 aliphatic carbocycles. The van der Waals surface area contributed by atoms with Gasteiger partial charge in [-0.25, -0.2) is 14.6 Å². The van der Waals surface area contributed by atoms with Crippen LogP contribution in [0.15, 0.2) is 67.0 Å². The smallest absolute Gasteiger partial charge is 0.408 e. The van der Waals surface area contributed by atoms with Gasteiger partial charge in [0.2, 0.25) is 5.91 Å². The van der Waals surface area contributed by atoms with Crippen LogP contribution in [-0.2, 0) is 35.2 Å². The fraction of sp³-hybridized carbons (Fsp3) is 0.424. The number of imidazole rings is 1. The molecule has 3 aromatic rings. The van der Waals surface area contributed by atoms with Crippen LogP contribution in [0.4, 0.5) is 10.6 Å². The summed E-state index contributed by atoms with van der Waals surface area (Å²) in [5.74, 6) is -1.52. The van der Waals surface area contributed by atoms with Crippen LogP contribution in [0.1, 0.15) is 64.4 Å². The van der Waals surface area contributed by atoms with Gasteiger partial charge < -0.3 is 34.7 Å². The average molecular weight is 622 g/mol. The maximum Gasteiger partial charge on any atom is 0.408 e. The summed E-state index contributed by atoms with van der Waals surface area (Å²) >= 11 is 0. The first kappa shape index (κ1) is 34.8. The first-order valence-electron chi connectivity index (χ1n) is 14.7. The molecule has 0 aliphatic rings. The van der Waals surface area contributed by atoms with Crippen molar-refractivity contribution >= 4 is 29.7 Å². The number of alkyl carbamates (subject to hydrolysis) is 1. The zero-order chi connectivity index (χ0) is 33.2. The first-order chi connectivity index (χ1) is 21.2. The third kappa shape index (κ3) is 10.2. The van der Waals surface area contributed by atoms with E-state index in [1.807, 2.05) is 60.7 Å². The highest BCUT2D eigenvalue weighted by Crippen LogP contribution is 2.25. The molecule has 0 aliphatic heterocycles. The Balaban J connectivity index is 1.82. The number of esters is 1. The van der Waals surface area contributed by atoms with Crippen LogP contribution in [0.3, 0.4) is 0 Å². The number of carbonyl (C=O) groups is 4. The highest BCUT2D eigenvalue weighted by Gasteiger charge is 2.35. The normalized spacial score (nSPS) is 12.9. The van der Waals surface area contributed by atoms with E-state index in [9.17, 15) is 19.2 Å². The number of ether oxygens (including phenoxy) is 3. The van der Waals surface area contributed by atoms with Crippen molar-refractivity contribution in [3.8, 4) is 0 Å². The Morgan fingerprint density at radius 1 is 0.933 bits per heavy atom. The van der Waals surface area contributed by atoms with E-state index < -0.39 is 47.1 Å². The minimum Gasteiger partial charge on any atom is -0.464 e. The van der Waals surface area contributed by atoms with Crippen molar-refractivity contribution in [3.63, 3.8) is 0 Å². The molecular weight excluding hydrogens is 578 g/mol. The largest absolute Gasteiger partial charge is 0.464 e. The predicted molar refractivity (Wildman–Crippen MR) is 168 cm³/mol. The summed E-state index contributed by atoms with van der Waals surface area (Å²) in [7, 11) is 0. The number of hydrogen-bond donors (Lipinski definition) is 3. The van der Waals surface area contributed by atoms with Gasteiger partial charge in [0.1, 0.15) is 17.2 Å². The predicted octanol–water partition coefficient (Wildman–Crippen LogP) is 4.29. The molecular formula is C33H43N5O7. The molecule has 1 unspecified atom stereocenters. The number of anilines is 1. The van der Waals surface area contributed by atoms with Crippen LogP contribution in [0.2, 0.25) is 0 Å². The van der Waals surface area contributed by atoms with Gasteiger partial charge in [-0.3, -0.25) is 9.59 Å². The average Bonchev–Trinajstić information content (AvgIpc) is 3.31. The molecule has 0 saturated heterocycles. The molecule has 45 heavy (non-hydrogen) atoms. The monoisotopic (exact) mass is 621 g/mol. The topological polar surface area (TPSA) is 150 Å². The maximum atomic E-state index is 13.6. The lowest BCUT2D eigenvalue weighted by Gasteiger charge is -2.29. The van der Waals surface area contributed by atoms with Gasteiger partial charge in [-0.1, -0.05) is 60.7 Å². The summed E-state index contributed by atoms with van der Waals surface area (Å²) in [5, 5.41) is 7.99. The van der Waals surface area contributed by atoms with E-state index in [2.05, 4.69) is 20.9 Å². The summed E-state index contributed by atoms with van der Waals surface area (Å²) in [4.78, 5) is 56.7. The van der Waals surface area contributed by atoms with Crippen molar-refractivity contribution in [2.75, 3.05) is 18.5 Å². The van der Waals surface area contributed by atoms with E-state index in [0.29, 0.717) is 11.3 Å².